The van der Waals surface area contributed by atoms with Crippen molar-refractivity contribution in [2.75, 3.05) is 0 Å². The average molecular weight is 342 g/mol. The van der Waals surface area contributed by atoms with Crippen molar-refractivity contribution >= 4 is 6.29 Å². The van der Waals surface area contributed by atoms with Crippen molar-refractivity contribution in [1.29, 1.82) is 0 Å². The van der Waals surface area contributed by atoms with Crippen molar-refractivity contribution in [2.45, 2.75) is 70.5 Å². The Balaban J connectivity index is 1.77. The van der Waals surface area contributed by atoms with Crippen LogP contribution in [0.4, 0.5) is 0 Å². The summed E-state index contributed by atoms with van der Waals surface area (Å²) in [4.78, 5) is 12.3. The largest absolute Gasteiger partial charge is 0.389 e. The van der Waals surface area contributed by atoms with Crippen molar-refractivity contribution in [3.63, 3.8) is 0 Å². The molecular formula is C22H30O3. The Kier molecular flexibility index (Phi) is 3.77. The van der Waals surface area contributed by atoms with Crippen LogP contribution in [0, 0.1) is 46.8 Å². The van der Waals surface area contributed by atoms with E-state index in [1.807, 2.05) is 6.08 Å². The zero-order valence-corrected chi connectivity index (χ0v) is 15.4. The van der Waals surface area contributed by atoms with Crippen LogP contribution in [0.25, 0.3) is 0 Å². The normalized spacial score (nSPS) is 54.5. The van der Waals surface area contributed by atoms with Gasteiger partial charge in [-0.2, -0.15) is 0 Å². The predicted octanol–water partition coefficient (Wildman–Crippen LogP) is 3.10. The maximum atomic E-state index is 12.3. The first-order valence-electron chi connectivity index (χ1n) is 9.87. The summed E-state index contributed by atoms with van der Waals surface area (Å²) < 4.78 is 0. The van der Waals surface area contributed by atoms with Crippen LogP contribution in [0.3, 0.4) is 0 Å². The predicted molar refractivity (Wildman–Crippen MR) is 96.4 cm³/mol. The smallest absolute Gasteiger partial charge is 0.130 e. The van der Waals surface area contributed by atoms with Crippen molar-refractivity contribution < 1.29 is 15.0 Å². The van der Waals surface area contributed by atoms with E-state index in [-0.39, 0.29) is 5.41 Å². The molecule has 0 aliphatic heterocycles. The van der Waals surface area contributed by atoms with E-state index in [0.29, 0.717) is 36.5 Å². The van der Waals surface area contributed by atoms with Crippen LogP contribution in [-0.2, 0) is 4.79 Å². The minimum Gasteiger partial charge on any atom is -0.389 e. The molecule has 3 saturated carbocycles. The number of hydrogen-bond acceptors (Lipinski definition) is 3. The first-order chi connectivity index (χ1) is 11.8. The van der Waals surface area contributed by atoms with Crippen molar-refractivity contribution in [2.24, 2.45) is 34.5 Å². The molecule has 3 nitrogen and oxygen atoms in total. The fourth-order valence-electron chi connectivity index (χ4n) is 7.25. The Bertz CT molecular complexity index is 661. The van der Waals surface area contributed by atoms with E-state index in [0.717, 1.165) is 32.1 Å². The lowest BCUT2D eigenvalue weighted by Gasteiger charge is -2.60. The van der Waals surface area contributed by atoms with Crippen LogP contribution in [0.2, 0.25) is 0 Å². The van der Waals surface area contributed by atoms with Crippen LogP contribution >= 0.6 is 0 Å². The van der Waals surface area contributed by atoms with Gasteiger partial charge in [0.25, 0.3) is 0 Å². The number of aliphatic hydroxyl groups is 2. The number of carbonyl (C=O) groups excluding carboxylic acids is 1. The molecule has 0 saturated heterocycles. The Morgan fingerprint density at radius 1 is 1.24 bits per heavy atom. The molecule has 0 aromatic rings. The number of allylic oxidation sites excluding steroid dienone is 1. The third-order valence-corrected chi connectivity index (χ3v) is 8.64. The van der Waals surface area contributed by atoms with Gasteiger partial charge in [0.1, 0.15) is 11.9 Å². The van der Waals surface area contributed by atoms with E-state index in [1.54, 1.807) is 0 Å². The van der Waals surface area contributed by atoms with Crippen LogP contribution in [-0.4, -0.2) is 28.2 Å². The van der Waals surface area contributed by atoms with Gasteiger partial charge < -0.3 is 15.0 Å². The average Bonchev–Trinajstić information content (AvgIpc) is 2.87. The first kappa shape index (κ1) is 17.3. The summed E-state index contributed by atoms with van der Waals surface area (Å²) >= 11 is 0. The van der Waals surface area contributed by atoms with Gasteiger partial charge in [0.2, 0.25) is 0 Å². The van der Waals surface area contributed by atoms with E-state index < -0.39 is 17.1 Å². The molecule has 25 heavy (non-hydrogen) atoms. The Morgan fingerprint density at radius 2 is 1.96 bits per heavy atom. The van der Waals surface area contributed by atoms with E-state index in [9.17, 15) is 15.0 Å². The third kappa shape index (κ3) is 2.04. The summed E-state index contributed by atoms with van der Waals surface area (Å²) in [7, 11) is 0. The molecule has 4 aliphatic carbocycles. The topological polar surface area (TPSA) is 57.5 Å². The second-order valence-electron chi connectivity index (χ2n) is 9.43. The molecule has 0 radical (unpaired) electrons. The Labute approximate surface area is 150 Å². The van der Waals surface area contributed by atoms with Crippen LogP contribution in [0.1, 0.15) is 58.8 Å². The monoisotopic (exact) mass is 342 g/mol. The van der Waals surface area contributed by atoms with Gasteiger partial charge in [-0.3, -0.25) is 0 Å². The number of terminal acetylenes is 1. The van der Waals surface area contributed by atoms with Gasteiger partial charge in [-0.05, 0) is 68.6 Å². The van der Waals surface area contributed by atoms with Gasteiger partial charge in [-0.15, -0.1) is 6.42 Å². The van der Waals surface area contributed by atoms with Gasteiger partial charge in [0.05, 0.1) is 11.5 Å². The van der Waals surface area contributed by atoms with E-state index in [4.69, 9.17) is 6.42 Å². The quantitative estimate of drug-likeness (QED) is 0.437. The van der Waals surface area contributed by atoms with E-state index in [1.165, 1.54) is 11.9 Å². The molecule has 2 N–H and O–H groups in total. The molecule has 0 amide bonds. The molecule has 0 heterocycles. The fourth-order valence-corrected chi connectivity index (χ4v) is 7.25. The van der Waals surface area contributed by atoms with Crippen molar-refractivity contribution in [1.82, 2.24) is 0 Å². The highest BCUT2D eigenvalue weighted by molar-refractivity contribution is 5.67. The summed E-state index contributed by atoms with van der Waals surface area (Å²) in [6.45, 7) is 4.46. The molecule has 0 bridgehead atoms. The second-order valence-corrected chi connectivity index (χ2v) is 9.43. The lowest BCUT2D eigenvalue weighted by atomic mass is 9.44. The number of carbonyl (C=O) groups is 1. The summed E-state index contributed by atoms with van der Waals surface area (Å²) in [6, 6.07) is 0. The lowest BCUT2D eigenvalue weighted by Crippen LogP contribution is -2.57. The van der Waals surface area contributed by atoms with Crippen molar-refractivity contribution in [3.05, 3.63) is 11.6 Å². The summed E-state index contributed by atoms with van der Waals surface area (Å²) in [6.07, 6.45) is 14.3. The highest BCUT2D eigenvalue weighted by Gasteiger charge is 2.65. The molecule has 136 valence electrons. The molecule has 0 aromatic heterocycles. The van der Waals surface area contributed by atoms with Gasteiger partial charge in [0, 0.05) is 5.41 Å². The molecule has 8 atom stereocenters. The first-order valence-corrected chi connectivity index (χ1v) is 9.87. The Morgan fingerprint density at radius 3 is 2.64 bits per heavy atom. The third-order valence-electron chi connectivity index (χ3n) is 8.64. The number of hydrogen-bond donors (Lipinski definition) is 2. The van der Waals surface area contributed by atoms with Crippen LogP contribution in [0.5, 0.6) is 0 Å². The second kappa shape index (κ2) is 5.44. The van der Waals surface area contributed by atoms with Crippen LogP contribution in [0.15, 0.2) is 11.6 Å². The molecule has 0 spiro atoms. The molecule has 3 fully saturated rings. The minimum atomic E-state index is -1.00. The molecule has 0 aromatic carbocycles. The van der Waals surface area contributed by atoms with Crippen LogP contribution < -0.4 is 0 Å². The summed E-state index contributed by atoms with van der Waals surface area (Å²) in [5.41, 5.74) is -0.468. The molecule has 4 rings (SSSR count). The van der Waals surface area contributed by atoms with E-state index in [2.05, 4.69) is 19.8 Å². The maximum absolute atomic E-state index is 12.3. The molecule has 3 unspecified atom stereocenters. The summed E-state index contributed by atoms with van der Waals surface area (Å²) in [5.74, 6) is 4.31. The van der Waals surface area contributed by atoms with E-state index >= 15 is 0 Å². The van der Waals surface area contributed by atoms with Crippen molar-refractivity contribution in [3.8, 4) is 12.3 Å². The zero-order valence-electron chi connectivity index (χ0n) is 15.4. The number of aldehydes is 1. The number of fused-ring (bicyclic) bond motifs is 5. The lowest BCUT2D eigenvalue weighted by molar-refractivity contribution is -0.138. The highest BCUT2D eigenvalue weighted by atomic mass is 16.3. The fraction of sp³-hybridized carbons (Fsp3) is 0.773. The van der Waals surface area contributed by atoms with Gasteiger partial charge in [0.15, 0.2) is 0 Å². The molecular weight excluding hydrogens is 312 g/mol. The number of aliphatic hydroxyl groups excluding tert-OH is 1. The maximum Gasteiger partial charge on any atom is 0.130 e. The zero-order chi connectivity index (χ0) is 18.0. The minimum absolute atomic E-state index is 0.239. The number of rotatable bonds is 1. The standard InChI is InChI=1S/C22H30O3/c1-4-22(25)10-7-17-19-14(2)11-15-12-16(24)5-9-21(15,13-23)18(19)6-8-20(17,22)3/h1,12-14,16-19,24-25H,5-11H2,2-3H3/t14?,16?,17-,18+,19-,20-,21+,22?/m0/s1. The SMILES string of the molecule is C#CC1(O)CC[C@H]2[C@@H]3C(C)CC4=CC(O)CC[C@]4(C=O)[C@@H]3CC[C@@]21C. The van der Waals surface area contributed by atoms with Gasteiger partial charge in [-0.25, -0.2) is 0 Å². The highest BCUT2D eigenvalue weighted by Crippen LogP contribution is 2.68. The summed E-state index contributed by atoms with van der Waals surface area (Å²) in [5, 5.41) is 21.2. The Hall–Kier alpha value is -1.11. The van der Waals surface area contributed by atoms with Gasteiger partial charge in [-0.1, -0.05) is 31.4 Å². The molecule has 4 aliphatic rings. The van der Waals surface area contributed by atoms with Gasteiger partial charge >= 0.3 is 0 Å². The molecule has 3 heteroatoms.